The molecule has 1 aromatic carbocycles. The Hall–Kier alpha value is -0.530. The maximum atomic E-state index is 12.7. The first kappa shape index (κ1) is 18.8. The fourth-order valence-electron chi connectivity index (χ4n) is 3.36. The van der Waals surface area contributed by atoms with Crippen LogP contribution in [-0.2, 0) is 16.4 Å². The molecule has 0 radical (unpaired) electrons. The lowest BCUT2D eigenvalue weighted by Gasteiger charge is -2.28. The third kappa shape index (κ3) is 3.61. The lowest BCUT2D eigenvalue weighted by Crippen LogP contribution is -2.51. The SMILES string of the molecule is CC1Cc2cc(S(=O)(=O)NC3(CN)CCCC3)cc(Cl)c2O1.Cl. The van der Waals surface area contributed by atoms with Gasteiger partial charge in [0, 0.05) is 24.1 Å². The van der Waals surface area contributed by atoms with E-state index in [2.05, 4.69) is 4.72 Å². The van der Waals surface area contributed by atoms with Gasteiger partial charge in [0.15, 0.2) is 0 Å². The number of nitrogens with two attached hydrogens (primary N) is 1. The van der Waals surface area contributed by atoms with Gasteiger partial charge in [-0.3, -0.25) is 0 Å². The lowest BCUT2D eigenvalue weighted by atomic mass is 10.0. The summed E-state index contributed by atoms with van der Waals surface area (Å²) in [7, 11) is -3.65. The van der Waals surface area contributed by atoms with E-state index in [1.54, 1.807) is 6.07 Å². The van der Waals surface area contributed by atoms with E-state index in [0.29, 0.717) is 23.7 Å². The zero-order valence-corrected chi connectivity index (χ0v) is 15.4. The van der Waals surface area contributed by atoms with Gasteiger partial charge in [-0.2, -0.15) is 0 Å². The van der Waals surface area contributed by atoms with E-state index in [1.807, 2.05) is 6.92 Å². The quantitative estimate of drug-likeness (QED) is 0.840. The van der Waals surface area contributed by atoms with Crippen molar-refractivity contribution in [2.75, 3.05) is 6.54 Å². The number of hydrogen-bond acceptors (Lipinski definition) is 4. The first-order chi connectivity index (χ1) is 10.4. The third-order valence-electron chi connectivity index (χ3n) is 4.53. The normalized spacial score (nSPS) is 22.3. The summed E-state index contributed by atoms with van der Waals surface area (Å²) in [6.45, 7) is 2.25. The van der Waals surface area contributed by atoms with Gasteiger partial charge in [0.25, 0.3) is 0 Å². The van der Waals surface area contributed by atoms with Gasteiger partial charge in [-0.25, -0.2) is 13.1 Å². The summed E-state index contributed by atoms with van der Waals surface area (Å²) < 4.78 is 33.9. The third-order valence-corrected chi connectivity index (χ3v) is 6.37. The highest BCUT2D eigenvalue weighted by Crippen LogP contribution is 2.38. The molecule has 1 heterocycles. The molecule has 1 fully saturated rings. The highest BCUT2D eigenvalue weighted by atomic mass is 35.5. The van der Waals surface area contributed by atoms with Crippen LogP contribution in [0.5, 0.6) is 5.75 Å². The fraction of sp³-hybridized carbons (Fsp3) is 0.600. The molecular weight excluding hydrogens is 359 g/mol. The Morgan fingerprint density at radius 1 is 1.39 bits per heavy atom. The van der Waals surface area contributed by atoms with Gasteiger partial charge in [0.05, 0.1) is 9.92 Å². The van der Waals surface area contributed by atoms with Crippen LogP contribution >= 0.6 is 24.0 Å². The predicted octanol–water partition coefficient (Wildman–Crippen LogP) is 2.64. The van der Waals surface area contributed by atoms with Gasteiger partial charge in [0.2, 0.25) is 10.0 Å². The molecule has 23 heavy (non-hydrogen) atoms. The van der Waals surface area contributed by atoms with Crippen LogP contribution in [0.1, 0.15) is 38.2 Å². The number of benzene rings is 1. The molecule has 130 valence electrons. The van der Waals surface area contributed by atoms with Crippen molar-refractivity contribution in [2.24, 2.45) is 5.73 Å². The van der Waals surface area contributed by atoms with E-state index in [1.165, 1.54) is 6.07 Å². The predicted molar refractivity (Wildman–Crippen MR) is 93.1 cm³/mol. The van der Waals surface area contributed by atoms with Crippen molar-refractivity contribution in [3.8, 4) is 5.75 Å². The minimum absolute atomic E-state index is 0. The molecule has 1 unspecified atom stereocenters. The molecule has 5 nitrogen and oxygen atoms in total. The minimum atomic E-state index is -3.65. The Kier molecular flexibility index (Phi) is 5.53. The smallest absolute Gasteiger partial charge is 0.241 e. The molecule has 0 bridgehead atoms. The first-order valence-electron chi connectivity index (χ1n) is 7.58. The first-order valence-corrected chi connectivity index (χ1v) is 9.44. The van der Waals surface area contributed by atoms with Crippen molar-refractivity contribution in [3.63, 3.8) is 0 Å². The number of ether oxygens (including phenoxy) is 1. The summed E-state index contributed by atoms with van der Waals surface area (Å²) in [5.74, 6) is 0.600. The van der Waals surface area contributed by atoms with Gasteiger partial charge in [-0.1, -0.05) is 24.4 Å². The summed E-state index contributed by atoms with van der Waals surface area (Å²) in [5, 5.41) is 0.343. The Labute approximate surface area is 148 Å². The van der Waals surface area contributed by atoms with Crippen molar-refractivity contribution in [1.29, 1.82) is 0 Å². The molecule has 1 atom stereocenters. The van der Waals surface area contributed by atoms with Crippen LogP contribution in [0, 0.1) is 0 Å². The van der Waals surface area contributed by atoms with Gasteiger partial charge in [-0.15, -0.1) is 12.4 Å². The van der Waals surface area contributed by atoms with Crippen molar-refractivity contribution in [3.05, 3.63) is 22.7 Å². The van der Waals surface area contributed by atoms with Gasteiger partial charge in [-0.05, 0) is 31.9 Å². The maximum absolute atomic E-state index is 12.7. The van der Waals surface area contributed by atoms with Crippen LogP contribution in [-0.4, -0.2) is 26.6 Å². The van der Waals surface area contributed by atoms with E-state index in [4.69, 9.17) is 22.1 Å². The summed E-state index contributed by atoms with van der Waals surface area (Å²) in [4.78, 5) is 0.189. The molecule has 0 saturated heterocycles. The molecule has 0 aromatic heterocycles. The standard InChI is InChI=1S/C15H21ClN2O3S.ClH/c1-10-6-11-7-12(8-13(16)14(11)21-10)22(19,20)18-15(9-17)4-2-3-5-15;/h7-8,10,18H,2-6,9,17H2,1H3;1H. The van der Waals surface area contributed by atoms with Gasteiger partial charge >= 0.3 is 0 Å². The second kappa shape index (κ2) is 6.76. The van der Waals surface area contributed by atoms with Gasteiger partial charge in [0.1, 0.15) is 11.9 Å². The Morgan fingerprint density at radius 2 is 2.04 bits per heavy atom. The van der Waals surface area contributed by atoms with Crippen LogP contribution in [0.25, 0.3) is 0 Å². The lowest BCUT2D eigenvalue weighted by molar-refractivity contribution is 0.255. The van der Waals surface area contributed by atoms with Crippen molar-refractivity contribution in [1.82, 2.24) is 4.72 Å². The largest absolute Gasteiger partial charge is 0.489 e. The second-order valence-corrected chi connectivity index (χ2v) is 8.41. The molecule has 1 aliphatic heterocycles. The fourth-order valence-corrected chi connectivity index (χ4v) is 5.25. The summed E-state index contributed by atoms with van der Waals surface area (Å²) in [5.41, 5.74) is 6.14. The Morgan fingerprint density at radius 3 is 2.65 bits per heavy atom. The maximum Gasteiger partial charge on any atom is 0.241 e. The van der Waals surface area contributed by atoms with Crippen molar-refractivity contribution >= 4 is 34.0 Å². The van der Waals surface area contributed by atoms with Crippen LogP contribution in [0.4, 0.5) is 0 Å². The summed E-state index contributed by atoms with van der Waals surface area (Å²) in [6.07, 6.45) is 4.24. The number of sulfonamides is 1. The van der Waals surface area contributed by atoms with Crippen LogP contribution < -0.4 is 15.2 Å². The zero-order valence-electron chi connectivity index (χ0n) is 13.0. The number of rotatable bonds is 4. The number of fused-ring (bicyclic) bond motifs is 1. The number of hydrogen-bond donors (Lipinski definition) is 2. The molecule has 3 rings (SSSR count). The van der Waals surface area contributed by atoms with E-state index in [0.717, 1.165) is 31.2 Å². The molecule has 0 spiro atoms. The topological polar surface area (TPSA) is 81.4 Å². The number of halogens is 2. The van der Waals surface area contributed by atoms with E-state index >= 15 is 0 Å². The van der Waals surface area contributed by atoms with Gasteiger partial charge < -0.3 is 10.5 Å². The molecule has 0 amide bonds. The average molecular weight is 381 g/mol. The second-order valence-electron chi connectivity index (χ2n) is 6.32. The highest BCUT2D eigenvalue weighted by Gasteiger charge is 2.37. The van der Waals surface area contributed by atoms with E-state index in [9.17, 15) is 8.42 Å². The van der Waals surface area contributed by atoms with E-state index in [-0.39, 0.29) is 23.4 Å². The molecule has 8 heteroatoms. The molecule has 1 aromatic rings. The van der Waals surface area contributed by atoms with Crippen molar-refractivity contribution in [2.45, 2.75) is 55.6 Å². The summed E-state index contributed by atoms with van der Waals surface area (Å²) >= 11 is 6.19. The van der Waals surface area contributed by atoms with Crippen molar-refractivity contribution < 1.29 is 13.2 Å². The van der Waals surface area contributed by atoms with E-state index < -0.39 is 15.6 Å². The Balaban J connectivity index is 0.00000192. The Bertz CT molecular complexity index is 688. The monoisotopic (exact) mass is 380 g/mol. The average Bonchev–Trinajstić information content (AvgIpc) is 3.05. The summed E-state index contributed by atoms with van der Waals surface area (Å²) in [6, 6.07) is 3.12. The molecular formula is C15H22Cl2N2O3S. The zero-order chi connectivity index (χ0) is 16.0. The molecule has 1 aliphatic carbocycles. The minimum Gasteiger partial charge on any atom is -0.489 e. The van der Waals surface area contributed by atoms with Crippen LogP contribution in [0.15, 0.2) is 17.0 Å². The number of nitrogens with one attached hydrogen (secondary N) is 1. The van der Waals surface area contributed by atoms with Crippen LogP contribution in [0.3, 0.4) is 0 Å². The molecule has 1 saturated carbocycles. The van der Waals surface area contributed by atoms with Crippen LogP contribution in [0.2, 0.25) is 5.02 Å². The molecule has 3 N–H and O–H groups in total. The molecule has 2 aliphatic rings. The highest BCUT2D eigenvalue weighted by molar-refractivity contribution is 7.89.